The third kappa shape index (κ3) is 4.25. The number of nitrogens with one attached hydrogen (secondary N) is 1. The minimum absolute atomic E-state index is 0.154. The molecule has 3 heteroatoms. The van der Waals surface area contributed by atoms with E-state index in [-0.39, 0.29) is 11.5 Å². The molecule has 0 radical (unpaired) electrons. The number of nitriles is 1. The second-order valence-electron chi connectivity index (χ2n) is 6.21. The minimum Gasteiger partial charge on any atom is -0.491 e. The van der Waals surface area contributed by atoms with Crippen molar-refractivity contribution < 1.29 is 4.74 Å². The third-order valence-electron chi connectivity index (χ3n) is 3.31. The first-order chi connectivity index (χ1) is 8.99. The quantitative estimate of drug-likeness (QED) is 0.883. The normalized spacial score (nSPS) is 16.7. The van der Waals surface area contributed by atoms with Gasteiger partial charge in [0, 0.05) is 6.04 Å². The van der Waals surface area contributed by atoms with Crippen LogP contribution in [-0.4, -0.2) is 18.7 Å². The number of benzene rings is 1. The van der Waals surface area contributed by atoms with Crippen molar-refractivity contribution in [3.05, 3.63) is 29.8 Å². The number of ether oxygens (including phenoxy) is 1. The standard InChI is InChI=1S/C16H22N2O/c1-16(2,3)12-4-8-15(9-5-12)19-11-14(10-17)18-13-6-7-13/h4-5,8-9,13-14,18H,6-7,11H2,1-3H3. The average molecular weight is 258 g/mol. The molecule has 102 valence electrons. The van der Waals surface area contributed by atoms with Crippen LogP contribution in [0.25, 0.3) is 0 Å². The van der Waals surface area contributed by atoms with Crippen LogP contribution in [0.1, 0.15) is 39.2 Å². The van der Waals surface area contributed by atoms with Gasteiger partial charge in [0.2, 0.25) is 0 Å². The van der Waals surface area contributed by atoms with Gasteiger partial charge in [-0.15, -0.1) is 0 Å². The first-order valence-electron chi connectivity index (χ1n) is 6.88. The molecule has 0 aromatic heterocycles. The van der Waals surface area contributed by atoms with Gasteiger partial charge in [0.1, 0.15) is 18.4 Å². The predicted molar refractivity (Wildman–Crippen MR) is 76.2 cm³/mol. The molecule has 1 N–H and O–H groups in total. The fourth-order valence-electron chi connectivity index (χ4n) is 1.89. The SMILES string of the molecule is CC(C)(C)c1ccc(OCC(C#N)NC2CC2)cc1. The smallest absolute Gasteiger partial charge is 0.130 e. The van der Waals surface area contributed by atoms with E-state index in [1.54, 1.807) is 0 Å². The Morgan fingerprint density at radius 1 is 1.32 bits per heavy atom. The molecule has 0 bridgehead atoms. The lowest BCUT2D eigenvalue weighted by atomic mass is 9.87. The van der Waals surface area contributed by atoms with Crippen LogP contribution in [0.5, 0.6) is 5.75 Å². The Labute approximate surface area is 115 Å². The monoisotopic (exact) mass is 258 g/mol. The van der Waals surface area contributed by atoms with Gasteiger partial charge in [-0.2, -0.15) is 5.26 Å². The van der Waals surface area contributed by atoms with Crippen molar-refractivity contribution in [2.75, 3.05) is 6.61 Å². The lowest BCUT2D eigenvalue weighted by Crippen LogP contribution is -2.34. The number of nitrogens with zero attached hydrogens (tertiary/aromatic N) is 1. The largest absolute Gasteiger partial charge is 0.491 e. The lowest BCUT2D eigenvalue weighted by Gasteiger charge is -2.19. The summed E-state index contributed by atoms with van der Waals surface area (Å²) in [5.41, 5.74) is 1.44. The van der Waals surface area contributed by atoms with Crippen molar-refractivity contribution in [2.45, 2.75) is 51.1 Å². The van der Waals surface area contributed by atoms with E-state index in [4.69, 9.17) is 10.00 Å². The Morgan fingerprint density at radius 3 is 2.42 bits per heavy atom. The van der Waals surface area contributed by atoms with E-state index in [1.807, 2.05) is 12.1 Å². The van der Waals surface area contributed by atoms with Gasteiger partial charge in [-0.3, -0.25) is 5.32 Å². The Kier molecular flexibility index (Phi) is 4.11. The Morgan fingerprint density at radius 2 is 1.95 bits per heavy atom. The minimum atomic E-state index is -0.213. The van der Waals surface area contributed by atoms with Crippen LogP contribution in [0.4, 0.5) is 0 Å². The molecule has 1 aliphatic rings. The maximum atomic E-state index is 9.04. The van der Waals surface area contributed by atoms with Gasteiger partial charge in [0.25, 0.3) is 0 Å². The lowest BCUT2D eigenvalue weighted by molar-refractivity contribution is 0.288. The Bertz CT molecular complexity index is 449. The van der Waals surface area contributed by atoms with E-state index in [0.717, 1.165) is 5.75 Å². The second-order valence-corrected chi connectivity index (χ2v) is 6.21. The molecule has 0 heterocycles. The molecule has 1 atom stereocenters. The van der Waals surface area contributed by atoms with Crippen LogP contribution in [0.15, 0.2) is 24.3 Å². The average Bonchev–Trinajstić information content (AvgIpc) is 3.18. The van der Waals surface area contributed by atoms with Crippen molar-refractivity contribution in [1.82, 2.24) is 5.32 Å². The summed E-state index contributed by atoms with van der Waals surface area (Å²) in [6, 6.07) is 10.7. The van der Waals surface area contributed by atoms with E-state index >= 15 is 0 Å². The highest BCUT2D eigenvalue weighted by molar-refractivity contribution is 5.31. The summed E-state index contributed by atoms with van der Waals surface area (Å²) < 4.78 is 5.67. The van der Waals surface area contributed by atoms with E-state index in [1.165, 1.54) is 18.4 Å². The Balaban J connectivity index is 1.87. The van der Waals surface area contributed by atoms with Crippen LogP contribution >= 0.6 is 0 Å². The highest BCUT2D eigenvalue weighted by Crippen LogP contribution is 2.24. The van der Waals surface area contributed by atoms with Crippen LogP contribution in [-0.2, 0) is 5.41 Å². The fourth-order valence-corrected chi connectivity index (χ4v) is 1.89. The summed E-state index contributed by atoms with van der Waals surface area (Å²) in [7, 11) is 0. The molecule has 0 spiro atoms. The van der Waals surface area contributed by atoms with Crippen LogP contribution in [0.3, 0.4) is 0 Å². The van der Waals surface area contributed by atoms with Crippen molar-refractivity contribution >= 4 is 0 Å². The summed E-state index contributed by atoms with van der Waals surface area (Å²) in [6.45, 7) is 6.97. The molecule has 0 amide bonds. The van der Waals surface area contributed by atoms with Gasteiger partial charge in [-0.05, 0) is 36.0 Å². The highest BCUT2D eigenvalue weighted by atomic mass is 16.5. The number of hydrogen-bond acceptors (Lipinski definition) is 3. The number of rotatable bonds is 5. The molecule has 1 aromatic carbocycles. The molecule has 0 saturated heterocycles. The molecule has 0 aliphatic heterocycles. The van der Waals surface area contributed by atoms with Gasteiger partial charge in [-0.1, -0.05) is 32.9 Å². The summed E-state index contributed by atoms with van der Waals surface area (Å²) >= 11 is 0. The van der Waals surface area contributed by atoms with Gasteiger partial charge < -0.3 is 4.74 Å². The molecule has 19 heavy (non-hydrogen) atoms. The van der Waals surface area contributed by atoms with E-state index < -0.39 is 0 Å². The molecule has 3 nitrogen and oxygen atoms in total. The summed E-state index contributed by atoms with van der Waals surface area (Å²) in [4.78, 5) is 0. The topological polar surface area (TPSA) is 45.0 Å². The Hall–Kier alpha value is -1.53. The third-order valence-corrected chi connectivity index (χ3v) is 3.31. The van der Waals surface area contributed by atoms with Crippen molar-refractivity contribution in [3.8, 4) is 11.8 Å². The van der Waals surface area contributed by atoms with Crippen LogP contribution in [0.2, 0.25) is 0 Å². The van der Waals surface area contributed by atoms with Gasteiger partial charge in [0.15, 0.2) is 0 Å². The molecule has 1 saturated carbocycles. The summed E-state index contributed by atoms with van der Waals surface area (Å²) in [5.74, 6) is 0.825. The van der Waals surface area contributed by atoms with E-state index in [2.05, 4.69) is 44.3 Å². The zero-order valence-electron chi connectivity index (χ0n) is 11.9. The van der Waals surface area contributed by atoms with Crippen molar-refractivity contribution in [3.63, 3.8) is 0 Å². The van der Waals surface area contributed by atoms with Gasteiger partial charge >= 0.3 is 0 Å². The summed E-state index contributed by atoms with van der Waals surface area (Å²) in [5, 5.41) is 12.3. The zero-order valence-corrected chi connectivity index (χ0v) is 11.9. The predicted octanol–water partition coefficient (Wildman–Crippen LogP) is 3.01. The van der Waals surface area contributed by atoms with Gasteiger partial charge in [0.05, 0.1) is 6.07 Å². The van der Waals surface area contributed by atoms with Gasteiger partial charge in [-0.25, -0.2) is 0 Å². The molecule has 1 fully saturated rings. The molecular formula is C16H22N2O. The second kappa shape index (κ2) is 5.63. The van der Waals surface area contributed by atoms with Crippen LogP contribution in [0, 0.1) is 11.3 Å². The van der Waals surface area contributed by atoms with Crippen molar-refractivity contribution in [1.29, 1.82) is 5.26 Å². The molecule has 1 unspecified atom stereocenters. The highest BCUT2D eigenvalue weighted by Gasteiger charge is 2.24. The molecular weight excluding hydrogens is 236 g/mol. The first kappa shape index (κ1) is 13.9. The van der Waals surface area contributed by atoms with E-state index in [0.29, 0.717) is 12.6 Å². The fraction of sp³-hybridized carbons (Fsp3) is 0.562. The van der Waals surface area contributed by atoms with E-state index in [9.17, 15) is 0 Å². The molecule has 1 aromatic rings. The van der Waals surface area contributed by atoms with Crippen molar-refractivity contribution in [2.24, 2.45) is 0 Å². The molecule has 1 aliphatic carbocycles. The zero-order chi connectivity index (χ0) is 13.9. The maximum Gasteiger partial charge on any atom is 0.130 e. The van der Waals surface area contributed by atoms with Crippen LogP contribution < -0.4 is 10.1 Å². The molecule has 2 rings (SSSR count). The number of hydrogen-bond donors (Lipinski definition) is 1. The maximum absolute atomic E-state index is 9.04. The first-order valence-corrected chi connectivity index (χ1v) is 6.88. The summed E-state index contributed by atoms with van der Waals surface area (Å²) in [6.07, 6.45) is 2.36.